The van der Waals surface area contributed by atoms with Gasteiger partial charge in [-0.2, -0.15) is 0 Å². The molecule has 12 heavy (non-hydrogen) atoms. The predicted molar refractivity (Wildman–Crippen MR) is 49.2 cm³/mol. The zero-order valence-electron chi connectivity index (χ0n) is 8.10. The summed E-state index contributed by atoms with van der Waals surface area (Å²) >= 11 is 0. The number of hydrogen-bond acceptors (Lipinski definition) is 2. The largest absolute Gasteiger partial charge is 0.377 e. The molecule has 0 aromatic heterocycles. The lowest BCUT2D eigenvalue weighted by Gasteiger charge is -2.11. The minimum absolute atomic E-state index is 0.501. The molecule has 0 spiro atoms. The van der Waals surface area contributed by atoms with E-state index < -0.39 is 0 Å². The molecular weight excluding hydrogens is 150 g/mol. The summed E-state index contributed by atoms with van der Waals surface area (Å²) in [6, 6.07) is 0.752. The van der Waals surface area contributed by atoms with E-state index in [1.54, 1.807) is 0 Å². The minimum Gasteiger partial charge on any atom is -0.377 e. The van der Waals surface area contributed by atoms with Gasteiger partial charge in [-0.3, -0.25) is 0 Å². The number of ether oxygens (including phenoxy) is 1. The van der Waals surface area contributed by atoms with Gasteiger partial charge < -0.3 is 10.1 Å². The van der Waals surface area contributed by atoms with Gasteiger partial charge in [-0.1, -0.05) is 13.8 Å². The highest BCUT2D eigenvalue weighted by atomic mass is 16.5. The first-order chi connectivity index (χ1) is 5.68. The number of hydrogen-bond donors (Lipinski definition) is 1. The van der Waals surface area contributed by atoms with Gasteiger partial charge in [-0.15, -0.1) is 0 Å². The second-order valence-electron chi connectivity index (χ2n) is 4.79. The van der Waals surface area contributed by atoms with Gasteiger partial charge in [0.15, 0.2) is 0 Å². The summed E-state index contributed by atoms with van der Waals surface area (Å²) in [6.07, 6.45) is 4.33. The van der Waals surface area contributed by atoms with Crippen LogP contribution in [0.25, 0.3) is 0 Å². The van der Waals surface area contributed by atoms with Gasteiger partial charge >= 0.3 is 0 Å². The van der Waals surface area contributed by atoms with Gasteiger partial charge in [-0.25, -0.2) is 0 Å². The fourth-order valence-electron chi connectivity index (χ4n) is 1.89. The molecule has 1 aliphatic carbocycles. The van der Waals surface area contributed by atoms with Crippen LogP contribution >= 0.6 is 0 Å². The zero-order chi connectivity index (χ0) is 8.60. The standard InChI is InChI=1S/C10H19NO/c1-10(2)6-9(10)11-7-8-4-3-5-12-8/h8-9,11H,3-7H2,1-2H3. The van der Waals surface area contributed by atoms with Crippen LogP contribution in [0.15, 0.2) is 0 Å². The molecule has 0 aromatic rings. The molecule has 2 fully saturated rings. The Morgan fingerprint density at radius 1 is 1.50 bits per heavy atom. The van der Waals surface area contributed by atoms with E-state index >= 15 is 0 Å². The van der Waals surface area contributed by atoms with Crippen LogP contribution in [0.5, 0.6) is 0 Å². The molecule has 70 valence electrons. The normalized spacial score (nSPS) is 38.5. The monoisotopic (exact) mass is 169 g/mol. The summed E-state index contributed by atoms with van der Waals surface area (Å²) in [7, 11) is 0. The second kappa shape index (κ2) is 3.00. The molecule has 0 bridgehead atoms. The van der Waals surface area contributed by atoms with Crippen molar-refractivity contribution >= 4 is 0 Å². The molecule has 0 aromatic carbocycles. The highest BCUT2D eigenvalue weighted by molar-refractivity contribution is 5.01. The Morgan fingerprint density at radius 3 is 2.75 bits per heavy atom. The van der Waals surface area contributed by atoms with Crippen LogP contribution in [-0.4, -0.2) is 25.3 Å². The Bertz CT molecular complexity index is 156. The molecule has 2 nitrogen and oxygen atoms in total. The maximum atomic E-state index is 5.54. The fourth-order valence-corrected chi connectivity index (χ4v) is 1.89. The molecule has 2 atom stereocenters. The summed E-state index contributed by atoms with van der Waals surface area (Å²) in [5.74, 6) is 0. The second-order valence-corrected chi connectivity index (χ2v) is 4.79. The Hall–Kier alpha value is -0.0800. The van der Waals surface area contributed by atoms with Crippen LogP contribution < -0.4 is 5.32 Å². The van der Waals surface area contributed by atoms with Crippen molar-refractivity contribution in [3.8, 4) is 0 Å². The summed E-state index contributed by atoms with van der Waals surface area (Å²) < 4.78 is 5.54. The van der Waals surface area contributed by atoms with E-state index in [4.69, 9.17) is 4.74 Å². The molecule has 2 unspecified atom stereocenters. The van der Waals surface area contributed by atoms with Gasteiger partial charge in [0.05, 0.1) is 6.10 Å². The highest BCUT2D eigenvalue weighted by Crippen LogP contribution is 2.44. The molecule has 1 heterocycles. The topological polar surface area (TPSA) is 21.3 Å². The Labute approximate surface area is 74.7 Å². The Balaban J connectivity index is 1.63. The highest BCUT2D eigenvalue weighted by Gasteiger charge is 2.45. The van der Waals surface area contributed by atoms with Gasteiger partial charge in [0.1, 0.15) is 0 Å². The van der Waals surface area contributed by atoms with Crippen LogP contribution in [0.1, 0.15) is 33.1 Å². The van der Waals surface area contributed by atoms with Crippen molar-refractivity contribution in [2.24, 2.45) is 5.41 Å². The molecule has 0 radical (unpaired) electrons. The average molecular weight is 169 g/mol. The first-order valence-corrected chi connectivity index (χ1v) is 5.03. The zero-order valence-corrected chi connectivity index (χ0v) is 8.10. The predicted octanol–water partition coefficient (Wildman–Crippen LogP) is 1.55. The third-order valence-corrected chi connectivity index (χ3v) is 3.13. The van der Waals surface area contributed by atoms with Crippen LogP contribution in [0.4, 0.5) is 0 Å². The molecule has 1 saturated heterocycles. The van der Waals surface area contributed by atoms with E-state index in [1.807, 2.05) is 0 Å². The molecule has 2 heteroatoms. The van der Waals surface area contributed by atoms with E-state index in [9.17, 15) is 0 Å². The average Bonchev–Trinajstić information content (AvgIpc) is 2.54. The lowest BCUT2D eigenvalue weighted by Crippen LogP contribution is -2.29. The molecule has 0 amide bonds. The smallest absolute Gasteiger partial charge is 0.0700 e. The molecule has 1 N–H and O–H groups in total. The van der Waals surface area contributed by atoms with Crippen molar-refractivity contribution in [1.29, 1.82) is 0 Å². The van der Waals surface area contributed by atoms with Crippen molar-refractivity contribution in [3.63, 3.8) is 0 Å². The van der Waals surface area contributed by atoms with Crippen molar-refractivity contribution < 1.29 is 4.74 Å². The van der Waals surface area contributed by atoms with Crippen LogP contribution in [0, 0.1) is 5.41 Å². The van der Waals surface area contributed by atoms with E-state index in [0.717, 1.165) is 19.2 Å². The van der Waals surface area contributed by atoms with Gasteiger partial charge in [0.25, 0.3) is 0 Å². The number of nitrogens with one attached hydrogen (secondary N) is 1. The van der Waals surface area contributed by atoms with Crippen LogP contribution in [-0.2, 0) is 4.74 Å². The number of rotatable bonds is 3. The maximum Gasteiger partial charge on any atom is 0.0700 e. The van der Waals surface area contributed by atoms with E-state index in [1.165, 1.54) is 19.3 Å². The summed E-state index contributed by atoms with van der Waals surface area (Å²) in [6.45, 7) is 6.68. The summed E-state index contributed by atoms with van der Waals surface area (Å²) in [4.78, 5) is 0. The maximum absolute atomic E-state index is 5.54. The lowest BCUT2D eigenvalue weighted by atomic mass is 10.2. The molecule has 1 aliphatic heterocycles. The molecular formula is C10H19NO. The third kappa shape index (κ3) is 1.80. The first-order valence-electron chi connectivity index (χ1n) is 5.03. The summed E-state index contributed by atoms with van der Waals surface area (Å²) in [5, 5.41) is 3.56. The van der Waals surface area contributed by atoms with Crippen molar-refractivity contribution in [3.05, 3.63) is 0 Å². The van der Waals surface area contributed by atoms with E-state index in [2.05, 4.69) is 19.2 Å². The quantitative estimate of drug-likeness (QED) is 0.692. The van der Waals surface area contributed by atoms with Gasteiger partial charge in [0.2, 0.25) is 0 Å². The van der Waals surface area contributed by atoms with Crippen LogP contribution in [0.3, 0.4) is 0 Å². The lowest BCUT2D eigenvalue weighted by molar-refractivity contribution is 0.109. The van der Waals surface area contributed by atoms with E-state index in [0.29, 0.717) is 11.5 Å². The third-order valence-electron chi connectivity index (χ3n) is 3.13. The Kier molecular flexibility index (Phi) is 2.13. The Morgan fingerprint density at radius 2 is 2.25 bits per heavy atom. The first kappa shape index (κ1) is 8.52. The van der Waals surface area contributed by atoms with Crippen molar-refractivity contribution in [2.75, 3.05) is 13.2 Å². The molecule has 2 aliphatic rings. The summed E-state index contributed by atoms with van der Waals surface area (Å²) in [5.41, 5.74) is 0.554. The molecule has 2 rings (SSSR count). The van der Waals surface area contributed by atoms with E-state index in [-0.39, 0.29) is 0 Å². The van der Waals surface area contributed by atoms with Crippen molar-refractivity contribution in [2.45, 2.75) is 45.3 Å². The van der Waals surface area contributed by atoms with Crippen molar-refractivity contribution in [1.82, 2.24) is 5.32 Å². The van der Waals surface area contributed by atoms with Gasteiger partial charge in [-0.05, 0) is 24.7 Å². The van der Waals surface area contributed by atoms with Gasteiger partial charge in [0, 0.05) is 19.2 Å². The fraction of sp³-hybridized carbons (Fsp3) is 1.00. The minimum atomic E-state index is 0.501. The van der Waals surface area contributed by atoms with Crippen LogP contribution in [0.2, 0.25) is 0 Å². The SMILES string of the molecule is CC1(C)CC1NCC1CCCO1. The molecule has 1 saturated carbocycles.